The topological polar surface area (TPSA) is 79.9 Å². The van der Waals surface area contributed by atoms with E-state index in [9.17, 15) is 9.59 Å². The van der Waals surface area contributed by atoms with Crippen LogP contribution in [0.3, 0.4) is 0 Å². The Balaban J connectivity index is 1.42. The Labute approximate surface area is 185 Å². The van der Waals surface area contributed by atoms with E-state index in [2.05, 4.69) is 10.6 Å². The number of nitrogens with zero attached hydrogens (tertiary/aromatic N) is 1. The fourth-order valence-corrected chi connectivity index (χ4v) is 4.38. The number of urea groups is 1. The van der Waals surface area contributed by atoms with Gasteiger partial charge in [0.2, 0.25) is 0 Å². The summed E-state index contributed by atoms with van der Waals surface area (Å²) in [4.78, 5) is 27.5. The molecule has 5 rings (SSSR count). The van der Waals surface area contributed by atoms with Crippen LogP contribution in [0, 0.1) is 0 Å². The summed E-state index contributed by atoms with van der Waals surface area (Å²) in [7, 11) is 1.59. The van der Waals surface area contributed by atoms with E-state index in [-0.39, 0.29) is 18.0 Å². The Kier molecular flexibility index (Phi) is 4.74. The zero-order chi connectivity index (χ0) is 22.3. The molecule has 0 spiro atoms. The molecule has 3 aromatic rings. The molecule has 2 aliphatic rings. The highest BCUT2D eigenvalue weighted by Crippen LogP contribution is 2.45. The first kappa shape index (κ1) is 19.9. The number of anilines is 2. The molecule has 3 aromatic carbocycles. The molecule has 2 aliphatic heterocycles. The minimum Gasteiger partial charge on any atom is -0.497 e. The van der Waals surface area contributed by atoms with Crippen molar-refractivity contribution in [2.45, 2.75) is 25.1 Å². The van der Waals surface area contributed by atoms with Gasteiger partial charge in [-0.25, -0.2) is 4.79 Å². The van der Waals surface area contributed by atoms with Gasteiger partial charge < -0.3 is 20.1 Å². The van der Waals surface area contributed by atoms with Crippen molar-refractivity contribution in [1.29, 1.82) is 0 Å². The average Bonchev–Trinajstić information content (AvgIpc) is 2.79. The summed E-state index contributed by atoms with van der Waals surface area (Å²) >= 11 is 0. The lowest BCUT2D eigenvalue weighted by Crippen LogP contribution is -2.65. The first-order chi connectivity index (χ1) is 15.5. The van der Waals surface area contributed by atoms with Crippen molar-refractivity contribution in [3.8, 4) is 11.5 Å². The number of hydrogen-bond acceptors (Lipinski definition) is 4. The molecule has 0 aliphatic carbocycles. The van der Waals surface area contributed by atoms with Crippen molar-refractivity contribution in [1.82, 2.24) is 5.32 Å². The first-order valence-electron chi connectivity index (χ1n) is 10.4. The highest BCUT2D eigenvalue weighted by molar-refractivity contribution is 6.05. The number of ether oxygens (including phenoxy) is 2. The molecule has 0 saturated carbocycles. The molecule has 2 atom stereocenters. The Hall–Kier alpha value is -4.00. The van der Waals surface area contributed by atoms with Crippen LogP contribution in [0.2, 0.25) is 0 Å². The number of carbonyl (C=O) groups is 2. The van der Waals surface area contributed by atoms with Crippen LogP contribution in [0.1, 0.15) is 35.3 Å². The van der Waals surface area contributed by atoms with Crippen molar-refractivity contribution < 1.29 is 19.1 Å². The molecule has 32 heavy (non-hydrogen) atoms. The SMILES string of the molecule is COc1ccc(NC(=O)c2cccc(N3C(=O)N[C@H]4C[C@@]3(C)Oc3ccccc34)c2)cc1. The fourth-order valence-electron chi connectivity index (χ4n) is 4.38. The maximum Gasteiger partial charge on any atom is 0.325 e. The van der Waals surface area contributed by atoms with E-state index in [4.69, 9.17) is 9.47 Å². The summed E-state index contributed by atoms with van der Waals surface area (Å²) in [6.07, 6.45) is 0.595. The summed E-state index contributed by atoms with van der Waals surface area (Å²) in [5, 5.41) is 5.94. The normalized spacial score (nSPS) is 21.1. The Morgan fingerprint density at radius 3 is 2.69 bits per heavy atom. The van der Waals surface area contributed by atoms with E-state index in [1.54, 1.807) is 60.5 Å². The Morgan fingerprint density at radius 1 is 1.12 bits per heavy atom. The van der Waals surface area contributed by atoms with Crippen LogP contribution in [0.15, 0.2) is 72.8 Å². The monoisotopic (exact) mass is 429 g/mol. The minimum atomic E-state index is -0.869. The predicted octanol–water partition coefficient (Wildman–Crippen LogP) is 4.72. The first-order valence-corrected chi connectivity index (χ1v) is 10.4. The highest BCUT2D eigenvalue weighted by Gasteiger charge is 2.49. The van der Waals surface area contributed by atoms with Crippen molar-refractivity contribution in [3.05, 3.63) is 83.9 Å². The summed E-state index contributed by atoms with van der Waals surface area (Å²) in [6.45, 7) is 1.90. The third-order valence-electron chi connectivity index (χ3n) is 5.90. The van der Waals surface area contributed by atoms with Crippen LogP contribution in [-0.2, 0) is 0 Å². The van der Waals surface area contributed by atoms with Gasteiger partial charge in [-0.15, -0.1) is 0 Å². The number of hydrogen-bond donors (Lipinski definition) is 2. The number of para-hydroxylation sites is 1. The number of methoxy groups -OCH3 is 1. The van der Waals surface area contributed by atoms with Gasteiger partial charge in [0.15, 0.2) is 5.72 Å². The second kappa shape index (κ2) is 7.60. The molecule has 0 aromatic heterocycles. The zero-order valence-electron chi connectivity index (χ0n) is 17.8. The quantitative estimate of drug-likeness (QED) is 0.629. The van der Waals surface area contributed by atoms with E-state index < -0.39 is 5.72 Å². The summed E-state index contributed by atoms with van der Waals surface area (Å²) < 4.78 is 11.4. The van der Waals surface area contributed by atoms with Crippen molar-refractivity contribution in [3.63, 3.8) is 0 Å². The highest BCUT2D eigenvalue weighted by atomic mass is 16.5. The molecule has 1 saturated heterocycles. The van der Waals surface area contributed by atoms with Crippen LogP contribution < -0.4 is 25.0 Å². The van der Waals surface area contributed by atoms with Gasteiger partial charge in [0.1, 0.15) is 11.5 Å². The second-order valence-electron chi connectivity index (χ2n) is 8.09. The summed E-state index contributed by atoms with van der Waals surface area (Å²) in [5.41, 5.74) is 1.79. The van der Waals surface area contributed by atoms with E-state index in [1.807, 2.05) is 31.2 Å². The molecule has 3 amide bonds. The average molecular weight is 429 g/mol. The lowest BCUT2D eigenvalue weighted by Gasteiger charge is -2.50. The van der Waals surface area contributed by atoms with Crippen LogP contribution in [0.5, 0.6) is 11.5 Å². The third kappa shape index (κ3) is 3.41. The molecule has 0 radical (unpaired) electrons. The third-order valence-corrected chi connectivity index (χ3v) is 5.90. The summed E-state index contributed by atoms with van der Waals surface area (Å²) in [5.74, 6) is 1.19. The molecular formula is C25H23N3O4. The molecule has 7 nitrogen and oxygen atoms in total. The number of amides is 3. The lowest BCUT2D eigenvalue weighted by molar-refractivity contribution is 0.0378. The fraction of sp³-hybridized carbons (Fsp3) is 0.200. The lowest BCUT2D eigenvalue weighted by atomic mass is 9.90. The second-order valence-corrected chi connectivity index (χ2v) is 8.09. The standard InChI is InChI=1S/C25H23N3O4/c1-25-15-21(20-8-3-4-9-22(20)32-25)27-24(30)28(25)18-7-5-6-16(14-18)23(29)26-17-10-12-19(31-2)13-11-17/h3-14,21H,15H2,1-2H3,(H,26,29)(H,27,30)/t21-,25+/m0/s1. The molecular weight excluding hydrogens is 406 g/mol. The zero-order valence-corrected chi connectivity index (χ0v) is 17.8. The van der Waals surface area contributed by atoms with Crippen LogP contribution in [0.4, 0.5) is 16.2 Å². The molecule has 1 fully saturated rings. The van der Waals surface area contributed by atoms with E-state index in [1.165, 1.54) is 0 Å². The Morgan fingerprint density at radius 2 is 1.91 bits per heavy atom. The van der Waals surface area contributed by atoms with Crippen molar-refractivity contribution in [2.24, 2.45) is 0 Å². The van der Waals surface area contributed by atoms with E-state index >= 15 is 0 Å². The number of fused-ring (bicyclic) bond motifs is 4. The van der Waals surface area contributed by atoms with Gasteiger partial charge in [0.25, 0.3) is 5.91 Å². The van der Waals surface area contributed by atoms with Gasteiger partial charge in [0, 0.05) is 23.2 Å². The molecule has 2 bridgehead atoms. The van der Waals surface area contributed by atoms with Crippen LogP contribution in [0.25, 0.3) is 0 Å². The number of rotatable bonds is 4. The summed E-state index contributed by atoms with van der Waals surface area (Å²) in [6, 6.07) is 21.4. The van der Waals surface area contributed by atoms with Crippen molar-refractivity contribution >= 4 is 23.3 Å². The van der Waals surface area contributed by atoms with Gasteiger partial charge >= 0.3 is 6.03 Å². The van der Waals surface area contributed by atoms with E-state index in [0.717, 1.165) is 11.3 Å². The van der Waals surface area contributed by atoms with Gasteiger partial charge in [-0.2, -0.15) is 0 Å². The molecule has 0 unspecified atom stereocenters. The molecule has 162 valence electrons. The maximum absolute atomic E-state index is 13.1. The molecule has 2 N–H and O–H groups in total. The smallest absolute Gasteiger partial charge is 0.325 e. The molecule has 7 heteroatoms. The number of benzene rings is 3. The maximum atomic E-state index is 13.1. The van der Waals surface area contributed by atoms with Crippen LogP contribution >= 0.6 is 0 Å². The van der Waals surface area contributed by atoms with Crippen molar-refractivity contribution in [2.75, 3.05) is 17.3 Å². The van der Waals surface area contributed by atoms with Crippen LogP contribution in [-0.4, -0.2) is 24.8 Å². The van der Waals surface area contributed by atoms with Gasteiger partial charge in [-0.3, -0.25) is 9.69 Å². The van der Waals surface area contributed by atoms with E-state index in [0.29, 0.717) is 29.1 Å². The number of carbonyl (C=O) groups excluding carboxylic acids is 2. The Bertz CT molecular complexity index is 1190. The number of nitrogens with one attached hydrogen (secondary N) is 2. The van der Waals surface area contributed by atoms with Gasteiger partial charge in [0.05, 0.1) is 18.8 Å². The molecule has 2 heterocycles. The predicted molar refractivity (Wildman–Crippen MR) is 121 cm³/mol. The minimum absolute atomic E-state index is 0.116. The largest absolute Gasteiger partial charge is 0.497 e. The van der Waals surface area contributed by atoms with Gasteiger partial charge in [-0.05, 0) is 55.5 Å². The van der Waals surface area contributed by atoms with Gasteiger partial charge in [-0.1, -0.05) is 24.3 Å².